The first-order chi connectivity index (χ1) is 14.8. The lowest BCUT2D eigenvalue weighted by Crippen LogP contribution is -2.56. The van der Waals surface area contributed by atoms with Gasteiger partial charge in [-0.1, -0.05) is 13.0 Å². The Hall–Kier alpha value is -3.12. The van der Waals surface area contributed by atoms with Gasteiger partial charge in [0, 0.05) is 10.8 Å². The minimum Gasteiger partial charge on any atom is -0.384 e. The number of anilines is 1. The number of nitrogens with one attached hydrogen (secondary N) is 1. The summed E-state index contributed by atoms with van der Waals surface area (Å²) in [7, 11) is -4.16. The topological polar surface area (TPSA) is 157 Å². The van der Waals surface area contributed by atoms with Gasteiger partial charge in [0.1, 0.15) is 40.0 Å². The molecule has 0 amide bonds. The van der Waals surface area contributed by atoms with Crippen LogP contribution in [0, 0.1) is 11.6 Å². The number of pyridine rings is 2. The van der Waals surface area contributed by atoms with Crippen LogP contribution >= 0.6 is 0 Å². The quantitative estimate of drug-likeness (QED) is 0.482. The molecule has 3 heterocycles. The molecule has 1 aliphatic rings. The summed E-state index contributed by atoms with van der Waals surface area (Å²) < 4.78 is 53.4. The maximum Gasteiger partial charge on any atom is 0.220 e. The minimum atomic E-state index is -4.16. The number of rotatable bonds is 4. The molecule has 2 aromatic rings. The first kappa shape index (κ1) is 23.5. The van der Waals surface area contributed by atoms with E-state index in [0.29, 0.717) is 11.6 Å². The van der Waals surface area contributed by atoms with E-state index in [-0.39, 0.29) is 22.6 Å². The van der Waals surface area contributed by atoms with Crippen LogP contribution in [0.1, 0.15) is 32.8 Å². The van der Waals surface area contributed by atoms with E-state index >= 15 is 0 Å². The normalized spacial score (nSPS) is 26.4. The maximum absolute atomic E-state index is 14.7. The highest BCUT2D eigenvalue weighted by Crippen LogP contribution is 2.37. The van der Waals surface area contributed by atoms with Gasteiger partial charge in [-0.3, -0.25) is 4.99 Å². The third-order valence-corrected chi connectivity index (χ3v) is 7.54. The molecule has 0 saturated heterocycles. The molecule has 6 N–H and O–H groups in total. The molecule has 172 valence electrons. The van der Waals surface area contributed by atoms with E-state index in [2.05, 4.69) is 20.3 Å². The number of halogens is 2. The second kappa shape index (κ2) is 8.10. The summed E-state index contributed by atoms with van der Waals surface area (Å²) in [4.78, 5) is 9.67. The van der Waals surface area contributed by atoms with Gasteiger partial charge >= 0.3 is 0 Å². The Morgan fingerprint density at radius 1 is 1.28 bits per heavy atom. The lowest BCUT2D eigenvalue weighted by Gasteiger charge is -2.36. The van der Waals surface area contributed by atoms with Crippen molar-refractivity contribution in [2.75, 3.05) is 11.1 Å². The summed E-state index contributed by atoms with van der Waals surface area (Å²) in [6.45, 7) is 4.28. The Kier molecular flexibility index (Phi) is 5.96. The first-order valence-electron chi connectivity index (χ1n) is 9.66. The predicted octanol–water partition coefficient (Wildman–Crippen LogP) is -0.209. The van der Waals surface area contributed by atoms with Crippen molar-refractivity contribution >= 4 is 33.4 Å². The molecular formula is C20H24F2N6O3S. The Morgan fingerprint density at radius 3 is 2.59 bits per heavy atom. The summed E-state index contributed by atoms with van der Waals surface area (Å²) in [5.41, 5.74) is 10.1. The van der Waals surface area contributed by atoms with Gasteiger partial charge < -0.3 is 21.9 Å². The monoisotopic (exact) mass is 466 g/mol. The van der Waals surface area contributed by atoms with Gasteiger partial charge in [-0.15, -0.1) is 0 Å². The minimum absolute atomic E-state index is 0.0297. The van der Waals surface area contributed by atoms with Crippen LogP contribution in [0.4, 0.5) is 14.6 Å². The van der Waals surface area contributed by atoms with Crippen LogP contribution in [0.25, 0.3) is 11.9 Å². The summed E-state index contributed by atoms with van der Waals surface area (Å²) in [6, 6.07) is 2.53. The number of nitrogens with zero attached hydrogens (tertiary/aromatic N) is 3. The summed E-state index contributed by atoms with van der Waals surface area (Å²) in [5.74, 6) is -2.45. The van der Waals surface area contributed by atoms with E-state index in [1.807, 2.05) is 6.92 Å². The van der Waals surface area contributed by atoms with Crippen LogP contribution in [0.2, 0.25) is 0 Å². The number of amidine groups is 1. The molecule has 0 fully saturated rings. The highest BCUT2D eigenvalue weighted by atomic mass is 32.2. The third kappa shape index (κ3) is 4.15. The van der Waals surface area contributed by atoms with Crippen LogP contribution in [0.5, 0.6) is 0 Å². The number of aliphatic hydroxyl groups is 1. The molecular weight excluding hydrogens is 442 g/mol. The molecule has 2 atom stereocenters. The molecule has 9 nitrogen and oxygen atoms in total. The molecule has 0 spiro atoms. The standard InChI is InChI=1S/C20H24F2N6O3S/c1-4-5-11-6-12(21)8-26-16(11)17(23)27-15-7-13(14(22)9-25-15)19(2)10-32(30,31)20(3,29)18(24)28-19/h5-9,29H,4,10,23H2,1-3H3,(H2,24,28)(H,25,27)/b11-5-,17-16-/t19-,20+/m0/s1. The van der Waals surface area contributed by atoms with Gasteiger partial charge in [0.15, 0.2) is 9.84 Å². The van der Waals surface area contributed by atoms with Crippen LogP contribution in [-0.4, -0.2) is 40.0 Å². The SMILES string of the molecule is CC/C=c1/cc(F)cn/c1=C(/N)Nc1cc([C@]2(C)CS(=O)(=O)[C@@](C)(O)C(N)=N2)c(F)cn1. The van der Waals surface area contributed by atoms with E-state index < -0.39 is 43.5 Å². The molecule has 0 saturated carbocycles. The number of aromatic nitrogens is 2. The van der Waals surface area contributed by atoms with Gasteiger partial charge in [-0.25, -0.2) is 27.2 Å². The number of hydrogen-bond acceptors (Lipinski definition) is 9. The van der Waals surface area contributed by atoms with Crippen molar-refractivity contribution in [2.45, 2.75) is 37.7 Å². The molecule has 0 unspecified atom stereocenters. The van der Waals surface area contributed by atoms with Gasteiger partial charge in [0.2, 0.25) is 4.93 Å². The summed E-state index contributed by atoms with van der Waals surface area (Å²) in [5, 5.41) is 13.7. The van der Waals surface area contributed by atoms with Crippen molar-refractivity contribution < 1.29 is 22.3 Å². The Labute approximate surface area is 183 Å². The van der Waals surface area contributed by atoms with Crippen LogP contribution in [0.15, 0.2) is 29.5 Å². The van der Waals surface area contributed by atoms with E-state index in [4.69, 9.17) is 11.5 Å². The average molecular weight is 467 g/mol. The fourth-order valence-corrected chi connectivity index (χ4v) is 4.99. The molecule has 1 aliphatic heterocycles. The van der Waals surface area contributed by atoms with Crippen molar-refractivity contribution in [3.05, 3.63) is 52.3 Å². The Bertz CT molecular complexity index is 1330. The second-order valence-electron chi connectivity index (χ2n) is 7.80. The number of sulfone groups is 1. The average Bonchev–Trinajstić information content (AvgIpc) is 2.68. The number of aliphatic imine (C=N–C) groups is 1. The molecule has 0 bridgehead atoms. The maximum atomic E-state index is 14.7. The van der Waals surface area contributed by atoms with Crippen LogP contribution in [-0.2, 0) is 15.4 Å². The van der Waals surface area contributed by atoms with Crippen LogP contribution < -0.4 is 27.4 Å². The largest absolute Gasteiger partial charge is 0.384 e. The zero-order valence-corrected chi connectivity index (χ0v) is 18.5. The summed E-state index contributed by atoms with van der Waals surface area (Å²) in [6.07, 6.45) is 4.25. The molecule has 0 radical (unpaired) electrons. The van der Waals surface area contributed by atoms with Gasteiger partial charge in [0.25, 0.3) is 0 Å². The lowest BCUT2D eigenvalue weighted by atomic mass is 9.94. The highest BCUT2D eigenvalue weighted by Gasteiger charge is 2.51. The smallest absolute Gasteiger partial charge is 0.220 e. The highest BCUT2D eigenvalue weighted by molar-refractivity contribution is 7.93. The first-order valence-corrected chi connectivity index (χ1v) is 11.3. The van der Waals surface area contributed by atoms with Crippen molar-refractivity contribution in [1.82, 2.24) is 9.97 Å². The third-order valence-electron chi connectivity index (χ3n) is 5.18. The lowest BCUT2D eigenvalue weighted by molar-refractivity contribution is 0.204. The zero-order valence-electron chi connectivity index (χ0n) is 17.7. The molecule has 12 heteroatoms. The predicted molar refractivity (Wildman–Crippen MR) is 117 cm³/mol. The Morgan fingerprint density at radius 2 is 1.97 bits per heavy atom. The van der Waals surface area contributed by atoms with Gasteiger partial charge in [0.05, 0.1) is 18.1 Å². The van der Waals surface area contributed by atoms with Gasteiger partial charge in [-0.05, 0) is 32.4 Å². The van der Waals surface area contributed by atoms with Crippen LogP contribution in [0.3, 0.4) is 0 Å². The van der Waals surface area contributed by atoms with E-state index in [1.54, 1.807) is 6.08 Å². The second-order valence-corrected chi connectivity index (χ2v) is 10.1. The van der Waals surface area contributed by atoms with Crippen molar-refractivity contribution in [3.8, 4) is 0 Å². The molecule has 32 heavy (non-hydrogen) atoms. The van der Waals surface area contributed by atoms with Crippen molar-refractivity contribution in [1.29, 1.82) is 0 Å². The fourth-order valence-electron chi connectivity index (χ4n) is 3.38. The van der Waals surface area contributed by atoms with E-state index in [1.165, 1.54) is 19.1 Å². The molecule has 2 aromatic heterocycles. The fraction of sp³-hybridized carbons (Fsp3) is 0.350. The molecule has 3 rings (SSSR count). The number of nitrogens with two attached hydrogens (primary N) is 2. The van der Waals surface area contributed by atoms with Gasteiger partial charge in [-0.2, -0.15) is 0 Å². The molecule has 0 aliphatic carbocycles. The molecule has 0 aromatic carbocycles. The van der Waals surface area contributed by atoms with E-state index in [0.717, 1.165) is 19.3 Å². The van der Waals surface area contributed by atoms with Crippen molar-refractivity contribution in [3.63, 3.8) is 0 Å². The van der Waals surface area contributed by atoms with E-state index in [9.17, 15) is 22.3 Å². The number of hydrogen-bond donors (Lipinski definition) is 4. The zero-order chi connectivity index (χ0) is 23.9. The summed E-state index contributed by atoms with van der Waals surface area (Å²) >= 11 is 0. The Balaban J connectivity index is 2.10. The van der Waals surface area contributed by atoms with Crippen molar-refractivity contribution in [2.24, 2.45) is 16.5 Å².